The van der Waals surface area contributed by atoms with Crippen LogP contribution in [0, 0.1) is 11.2 Å². The van der Waals surface area contributed by atoms with Crippen LogP contribution in [0.3, 0.4) is 0 Å². The van der Waals surface area contributed by atoms with Crippen molar-refractivity contribution in [2.24, 2.45) is 5.41 Å². The van der Waals surface area contributed by atoms with Crippen LogP contribution >= 0.6 is 0 Å². The maximum absolute atomic E-state index is 13.2. The molecule has 2 aliphatic rings. The average molecular weight is 386 g/mol. The summed E-state index contributed by atoms with van der Waals surface area (Å²) < 4.78 is 15.2. The van der Waals surface area contributed by atoms with Gasteiger partial charge in [-0.3, -0.25) is 9.59 Å². The molecule has 2 aromatic rings. The summed E-state index contributed by atoms with van der Waals surface area (Å²) in [5, 5.41) is 20.6. The molecule has 6 nitrogen and oxygen atoms in total. The molecule has 1 saturated carbocycles. The van der Waals surface area contributed by atoms with Gasteiger partial charge in [-0.05, 0) is 55.5 Å². The van der Waals surface area contributed by atoms with Gasteiger partial charge >= 0.3 is 5.97 Å². The first-order valence-electron chi connectivity index (χ1n) is 9.53. The molecule has 2 atom stereocenters. The van der Waals surface area contributed by atoms with Gasteiger partial charge in [-0.1, -0.05) is 12.1 Å². The van der Waals surface area contributed by atoms with E-state index in [2.05, 4.69) is 0 Å². The number of aliphatic hydroxyl groups is 1. The van der Waals surface area contributed by atoms with Gasteiger partial charge in [-0.25, -0.2) is 4.39 Å². The Bertz CT molecular complexity index is 890. The lowest BCUT2D eigenvalue weighted by atomic mass is 9.72. The molecule has 1 aliphatic carbocycles. The Morgan fingerprint density at radius 1 is 1.14 bits per heavy atom. The van der Waals surface area contributed by atoms with Crippen molar-refractivity contribution in [1.29, 1.82) is 0 Å². The average Bonchev–Trinajstić information content (AvgIpc) is 3.41. The van der Waals surface area contributed by atoms with Crippen molar-refractivity contribution < 1.29 is 24.2 Å². The van der Waals surface area contributed by atoms with Gasteiger partial charge < -0.3 is 19.7 Å². The molecule has 0 radical (unpaired) electrons. The van der Waals surface area contributed by atoms with Gasteiger partial charge in [-0.15, -0.1) is 0 Å². The number of carboxylic acid groups (broad SMARTS) is 1. The second kappa shape index (κ2) is 7.05. The highest BCUT2D eigenvalue weighted by Gasteiger charge is 2.50. The highest BCUT2D eigenvalue weighted by Crippen LogP contribution is 2.38. The van der Waals surface area contributed by atoms with Crippen molar-refractivity contribution in [3.05, 3.63) is 59.7 Å². The number of carbonyl (C=O) groups is 2. The number of aliphatic hydroxyl groups excluding tert-OH is 1. The first-order chi connectivity index (χ1) is 13.4. The van der Waals surface area contributed by atoms with E-state index in [-0.39, 0.29) is 25.3 Å². The van der Waals surface area contributed by atoms with Crippen LogP contribution < -0.4 is 0 Å². The number of aliphatic carboxylic acids is 1. The van der Waals surface area contributed by atoms with Crippen molar-refractivity contribution in [3.8, 4) is 0 Å². The summed E-state index contributed by atoms with van der Waals surface area (Å²) in [4.78, 5) is 26.9. The summed E-state index contributed by atoms with van der Waals surface area (Å²) >= 11 is 0. The summed E-state index contributed by atoms with van der Waals surface area (Å²) in [5.74, 6) is -1.78. The maximum Gasteiger partial charge on any atom is 0.314 e. The molecule has 1 aliphatic heterocycles. The molecule has 28 heavy (non-hydrogen) atoms. The van der Waals surface area contributed by atoms with Gasteiger partial charge in [0, 0.05) is 25.3 Å². The highest BCUT2D eigenvalue weighted by atomic mass is 19.1. The van der Waals surface area contributed by atoms with Crippen LogP contribution in [0.2, 0.25) is 0 Å². The summed E-state index contributed by atoms with van der Waals surface area (Å²) in [6, 6.07) is 9.50. The van der Waals surface area contributed by atoms with Crippen LogP contribution in [0.5, 0.6) is 0 Å². The van der Waals surface area contributed by atoms with Crippen molar-refractivity contribution in [3.63, 3.8) is 0 Å². The molecule has 1 amide bonds. The van der Waals surface area contributed by atoms with Crippen molar-refractivity contribution in [1.82, 2.24) is 9.47 Å². The standard InChI is InChI=1S/C21H23FN2O4/c22-15-5-3-14(4-6-15)12-21(20(27)28)13-23(11-9-18(21)25)19(26)17-2-1-10-24(17)16-7-8-16/h1-6,10,16,18,25H,7-9,11-13H2,(H,27,28)/t18-,21+/m0/s1. The molecule has 2 heterocycles. The second-order valence-electron chi connectivity index (χ2n) is 7.83. The number of benzene rings is 1. The Balaban J connectivity index is 1.61. The molecule has 4 rings (SSSR count). The SMILES string of the molecule is O=C(c1cccn1C1CC1)N1CC[C@H](O)[C@](Cc2ccc(F)cc2)(C(=O)O)C1. The van der Waals surface area contributed by atoms with Crippen LogP contribution in [-0.4, -0.2) is 50.8 Å². The zero-order valence-corrected chi connectivity index (χ0v) is 15.4. The predicted octanol–water partition coefficient (Wildman–Crippen LogP) is 2.48. The molecule has 1 saturated heterocycles. The second-order valence-corrected chi connectivity index (χ2v) is 7.83. The Labute approximate surface area is 162 Å². The number of likely N-dealkylation sites (tertiary alicyclic amines) is 1. The fourth-order valence-corrected chi connectivity index (χ4v) is 4.09. The molecule has 0 bridgehead atoms. The van der Waals surface area contributed by atoms with Gasteiger partial charge in [0.15, 0.2) is 0 Å². The lowest BCUT2D eigenvalue weighted by molar-refractivity contribution is -0.161. The lowest BCUT2D eigenvalue weighted by Crippen LogP contribution is -2.58. The third-order valence-corrected chi connectivity index (χ3v) is 5.87. The molecule has 7 heteroatoms. The Hall–Kier alpha value is -2.67. The normalized spacial score (nSPS) is 24.9. The molecule has 1 aromatic heterocycles. The third kappa shape index (κ3) is 3.30. The topological polar surface area (TPSA) is 82.8 Å². The molecule has 2 N–H and O–H groups in total. The van der Waals surface area contributed by atoms with Crippen LogP contribution in [0.25, 0.3) is 0 Å². The van der Waals surface area contributed by atoms with E-state index in [0.29, 0.717) is 23.8 Å². The van der Waals surface area contributed by atoms with Gasteiger partial charge in [0.25, 0.3) is 5.91 Å². The predicted molar refractivity (Wildman–Crippen MR) is 99.4 cm³/mol. The number of rotatable bonds is 5. The van der Waals surface area contributed by atoms with E-state index in [4.69, 9.17) is 0 Å². The molecule has 0 unspecified atom stereocenters. The fraction of sp³-hybridized carbons (Fsp3) is 0.429. The summed E-state index contributed by atoms with van der Waals surface area (Å²) in [5.41, 5.74) is -0.360. The zero-order chi connectivity index (χ0) is 19.9. The Morgan fingerprint density at radius 2 is 1.86 bits per heavy atom. The van der Waals surface area contributed by atoms with Gasteiger partial charge in [0.1, 0.15) is 16.9 Å². The van der Waals surface area contributed by atoms with E-state index in [1.807, 2.05) is 16.8 Å². The monoisotopic (exact) mass is 386 g/mol. The molecule has 2 fully saturated rings. The number of hydrogen-bond acceptors (Lipinski definition) is 3. The number of aromatic nitrogens is 1. The largest absolute Gasteiger partial charge is 0.481 e. The highest BCUT2D eigenvalue weighted by molar-refractivity contribution is 5.93. The van der Waals surface area contributed by atoms with Crippen LogP contribution in [0.15, 0.2) is 42.6 Å². The van der Waals surface area contributed by atoms with Crippen LogP contribution in [0.4, 0.5) is 4.39 Å². The molecule has 1 aromatic carbocycles. The minimum Gasteiger partial charge on any atom is -0.481 e. The maximum atomic E-state index is 13.2. The van der Waals surface area contributed by atoms with E-state index >= 15 is 0 Å². The van der Waals surface area contributed by atoms with E-state index in [1.54, 1.807) is 6.07 Å². The lowest BCUT2D eigenvalue weighted by Gasteiger charge is -2.43. The number of hydrogen-bond donors (Lipinski definition) is 2. The number of carbonyl (C=O) groups excluding carboxylic acids is 1. The Kier molecular flexibility index (Phi) is 4.71. The smallest absolute Gasteiger partial charge is 0.314 e. The summed E-state index contributed by atoms with van der Waals surface area (Å²) in [6.07, 6.45) is 3.08. The minimum atomic E-state index is -1.53. The number of piperidine rings is 1. The molecule has 0 spiro atoms. The Morgan fingerprint density at radius 3 is 2.50 bits per heavy atom. The van der Waals surface area contributed by atoms with E-state index in [0.717, 1.165) is 12.8 Å². The fourth-order valence-electron chi connectivity index (χ4n) is 4.09. The number of carboxylic acids is 1. The van der Waals surface area contributed by atoms with E-state index < -0.39 is 23.3 Å². The van der Waals surface area contributed by atoms with Crippen LogP contribution in [0.1, 0.15) is 41.4 Å². The number of halogens is 1. The quantitative estimate of drug-likeness (QED) is 0.827. The molecular formula is C21H23FN2O4. The van der Waals surface area contributed by atoms with E-state index in [9.17, 15) is 24.2 Å². The van der Waals surface area contributed by atoms with E-state index in [1.165, 1.54) is 29.2 Å². The van der Waals surface area contributed by atoms with Gasteiger partial charge in [-0.2, -0.15) is 0 Å². The zero-order valence-electron chi connectivity index (χ0n) is 15.4. The number of amides is 1. The molecule has 148 valence electrons. The minimum absolute atomic E-state index is 0.0250. The van der Waals surface area contributed by atoms with Crippen molar-refractivity contribution >= 4 is 11.9 Å². The summed E-state index contributed by atoms with van der Waals surface area (Å²) in [7, 11) is 0. The summed E-state index contributed by atoms with van der Waals surface area (Å²) in [6.45, 7) is 0.212. The third-order valence-electron chi connectivity index (χ3n) is 5.87. The molecular weight excluding hydrogens is 363 g/mol. The number of nitrogens with zero attached hydrogens (tertiary/aromatic N) is 2. The first kappa shape index (κ1) is 18.7. The van der Waals surface area contributed by atoms with Crippen LogP contribution in [-0.2, 0) is 11.2 Å². The van der Waals surface area contributed by atoms with Crippen molar-refractivity contribution in [2.75, 3.05) is 13.1 Å². The van der Waals surface area contributed by atoms with Gasteiger partial charge in [0.2, 0.25) is 0 Å². The first-order valence-corrected chi connectivity index (χ1v) is 9.53. The van der Waals surface area contributed by atoms with Crippen molar-refractivity contribution in [2.45, 2.75) is 37.8 Å². The van der Waals surface area contributed by atoms with Gasteiger partial charge in [0.05, 0.1) is 6.10 Å².